The third-order valence-corrected chi connectivity index (χ3v) is 3.95. The molecule has 0 atom stereocenters. The maximum Gasteiger partial charge on any atom is 0.325 e. The van der Waals surface area contributed by atoms with Crippen molar-refractivity contribution in [3.05, 3.63) is 42.5 Å². The van der Waals surface area contributed by atoms with Gasteiger partial charge in [0.2, 0.25) is 0 Å². The second-order valence-electron chi connectivity index (χ2n) is 4.45. The number of nitrogens with zero attached hydrogens (tertiary/aromatic N) is 1. The lowest BCUT2D eigenvalue weighted by Gasteiger charge is -2.05. The minimum atomic E-state index is -0.399. The second-order valence-corrected chi connectivity index (χ2v) is 5.45. The molecule has 2 aromatic carbocycles. The Morgan fingerprint density at radius 2 is 1.95 bits per heavy atom. The van der Waals surface area contributed by atoms with Gasteiger partial charge >= 0.3 is 6.03 Å². The summed E-state index contributed by atoms with van der Waals surface area (Å²) in [6.45, 7) is 0. The maximum absolute atomic E-state index is 11.9. The normalized spacial score (nSPS) is 10.4. The van der Waals surface area contributed by atoms with Crippen molar-refractivity contribution < 1.29 is 14.6 Å². The van der Waals surface area contributed by atoms with Crippen LogP contribution in [0.5, 0.6) is 11.5 Å². The van der Waals surface area contributed by atoms with Crippen LogP contribution in [-0.4, -0.2) is 23.2 Å². The number of phenols is 1. The van der Waals surface area contributed by atoms with Crippen LogP contribution in [0.4, 0.5) is 15.6 Å². The standard InChI is InChI=1S/C15H13N3O3S/c1-21-12-4-2-3-11-13(12)22-15(17-11)18-14(20)16-9-5-7-10(19)8-6-9/h2-8,19H,1H3,(H2,16,17,18,20). The number of anilines is 2. The number of carbonyl (C=O) groups is 1. The zero-order valence-corrected chi connectivity index (χ0v) is 12.5. The van der Waals surface area contributed by atoms with E-state index < -0.39 is 6.03 Å². The highest BCUT2D eigenvalue weighted by molar-refractivity contribution is 7.22. The molecular weight excluding hydrogens is 302 g/mol. The van der Waals surface area contributed by atoms with Gasteiger partial charge in [0, 0.05) is 5.69 Å². The Bertz CT molecular complexity index is 815. The summed E-state index contributed by atoms with van der Waals surface area (Å²) in [5, 5.41) is 15.0. The molecular formula is C15H13N3O3S. The number of rotatable bonds is 3. The summed E-state index contributed by atoms with van der Waals surface area (Å²) >= 11 is 1.34. The Kier molecular flexibility index (Phi) is 3.80. The number of ether oxygens (including phenoxy) is 1. The average Bonchev–Trinajstić information content (AvgIpc) is 2.91. The fraction of sp³-hybridized carbons (Fsp3) is 0.0667. The van der Waals surface area contributed by atoms with Gasteiger partial charge in [0.15, 0.2) is 5.13 Å². The van der Waals surface area contributed by atoms with Crippen LogP contribution in [-0.2, 0) is 0 Å². The van der Waals surface area contributed by atoms with Crippen LogP contribution in [0.2, 0.25) is 0 Å². The molecule has 0 aliphatic heterocycles. The predicted octanol–water partition coefficient (Wildman–Crippen LogP) is 3.65. The highest BCUT2D eigenvalue weighted by atomic mass is 32.1. The van der Waals surface area contributed by atoms with Gasteiger partial charge in [-0.3, -0.25) is 5.32 Å². The minimum Gasteiger partial charge on any atom is -0.508 e. The van der Waals surface area contributed by atoms with Crippen molar-refractivity contribution in [3.8, 4) is 11.5 Å². The van der Waals surface area contributed by atoms with Crippen molar-refractivity contribution in [2.45, 2.75) is 0 Å². The summed E-state index contributed by atoms with van der Waals surface area (Å²) in [5.74, 6) is 0.867. The molecule has 0 aliphatic carbocycles. The van der Waals surface area contributed by atoms with Gasteiger partial charge in [0.05, 0.1) is 17.3 Å². The van der Waals surface area contributed by atoms with Gasteiger partial charge in [-0.25, -0.2) is 9.78 Å². The van der Waals surface area contributed by atoms with Crippen molar-refractivity contribution >= 4 is 38.4 Å². The number of urea groups is 1. The Balaban J connectivity index is 1.75. The van der Waals surface area contributed by atoms with E-state index in [-0.39, 0.29) is 5.75 Å². The lowest BCUT2D eigenvalue weighted by molar-refractivity contribution is 0.262. The van der Waals surface area contributed by atoms with E-state index in [0.29, 0.717) is 10.8 Å². The Morgan fingerprint density at radius 3 is 2.68 bits per heavy atom. The number of thiazole rings is 1. The van der Waals surface area contributed by atoms with Crippen molar-refractivity contribution in [1.82, 2.24) is 4.98 Å². The summed E-state index contributed by atoms with van der Waals surface area (Å²) in [6.07, 6.45) is 0. The molecule has 1 heterocycles. The minimum absolute atomic E-state index is 0.143. The topological polar surface area (TPSA) is 83.5 Å². The van der Waals surface area contributed by atoms with Crippen LogP contribution in [0, 0.1) is 0 Å². The number of aromatic hydroxyl groups is 1. The third kappa shape index (κ3) is 2.94. The molecule has 0 bridgehead atoms. The summed E-state index contributed by atoms with van der Waals surface area (Å²) in [5.41, 5.74) is 1.35. The largest absolute Gasteiger partial charge is 0.508 e. The van der Waals surface area contributed by atoms with Crippen molar-refractivity contribution in [3.63, 3.8) is 0 Å². The van der Waals surface area contributed by atoms with E-state index >= 15 is 0 Å². The van der Waals surface area contributed by atoms with E-state index in [1.165, 1.54) is 23.5 Å². The van der Waals surface area contributed by atoms with Crippen molar-refractivity contribution in [2.75, 3.05) is 17.7 Å². The molecule has 3 aromatic rings. The number of fused-ring (bicyclic) bond motifs is 1. The van der Waals surface area contributed by atoms with E-state index in [0.717, 1.165) is 16.0 Å². The number of nitrogens with one attached hydrogen (secondary N) is 2. The number of carbonyl (C=O) groups excluding carboxylic acids is 1. The molecule has 0 fully saturated rings. The molecule has 0 saturated heterocycles. The van der Waals surface area contributed by atoms with E-state index in [4.69, 9.17) is 4.74 Å². The molecule has 0 spiro atoms. The monoisotopic (exact) mass is 315 g/mol. The molecule has 112 valence electrons. The Morgan fingerprint density at radius 1 is 1.18 bits per heavy atom. The van der Waals surface area contributed by atoms with Gasteiger partial charge in [0.25, 0.3) is 0 Å². The SMILES string of the molecule is COc1cccc2nc(NC(=O)Nc3ccc(O)cc3)sc12. The molecule has 3 N–H and O–H groups in total. The van der Waals surface area contributed by atoms with Crippen LogP contribution < -0.4 is 15.4 Å². The fourth-order valence-electron chi connectivity index (χ4n) is 1.94. The second kappa shape index (κ2) is 5.90. The molecule has 0 unspecified atom stereocenters. The first-order valence-corrected chi connectivity index (χ1v) is 7.28. The third-order valence-electron chi connectivity index (χ3n) is 2.94. The molecule has 2 amide bonds. The molecule has 3 rings (SSSR count). The average molecular weight is 315 g/mol. The van der Waals surface area contributed by atoms with Crippen LogP contribution in [0.3, 0.4) is 0 Å². The Labute approximate surface area is 130 Å². The van der Waals surface area contributed by atoms with Gasteiger partial charge in [-0.15, -0.1) is 0 Å². The predicted molar refractivity (Wildman–Crippen MR) is 86.9 cm³/mol. The number of phenolic OH excluding ortho intramolecular Hbond substituents is 1. The lowest BCUT2D eigenvalue weighted by atomic mass is 10.3. The van der Waals surface area contributed by atoms with E-state index in [9.17, 15) is 9.90 Å². The smallest absolute Gasteiger partial charge is 0.325 e. The first kappa shape index (κ1) is 14.2. The van der Waals surface area contributed by atoms with Gasteiger partial charge in [-0.2, -0.15) is 0 Å². The molecule has 0 saturated carbocycles. The van der Waals surface area contributed by atoms with E-state index in [1.54, 1.807) is 19.2 Å². The van der Waals surface area contributed by atoms with Crippen molar-refractivity contribution in [2.24, 2.45) is 0 Å². The first-order chi connectivity index (χ1) is 10.7. The van der Waals surface area contributed by atoms with Gasteiger partial charge in [-0.05, 0) is 36.4 Å². The van der Waals surface area contributed by atoms with Crippen LogP contribution in [0.15, 0.2) is 42.5 Å². The zero-order valence-electron chi connectivity index (χ0n) is 11.7. The number of methoxy groups -OCH3 is 1. The quantitative estimate of drug-likeness (QED) is 0.644. The molecule has 1 aromatic heterocycles. The van der Waals surface area contributed by atoms with E-state index in [2.05, 4.69) is 15.6 Å². The highest BCUT2D eigenvalue weighted by Crippen LogP contribution is 2.33. The highest BCUT2D eigenvalue weighted by Gasteiger charge is 2.10. The lowest BCUT2D eigenvalue weighted by Crippen LogP contribution is -2.19. The maximum atomic E-state index is 11.9. The van der Waals surface area contributed by atoms with Crippen LogP contribution >= 0.6 is 11.3 Å². The fourth-order valence-corrected chi connectivity index (χ4v) is 2.89. The summed E-state index contributed by atoms with van der Waals surface area (Å²) in [6, 6.07) is 11.4. The van der Waals surface area contributed by atoms with E-state index in [1.807, 2.05) is 18.2 Å². The van der Waals surface area contributed by atoms with Crippen LogP contribution in [0.25, 0.3) is 10.2 Å². The van der Waals surface area contributed by atoms with Gasteiger partial charge in [-0.1, -0.05) is 17.4 Å². The number of hydrogen-bond donors (Lipinski definition) is 3. The first-order valence-electron chi connectivity index (χ1n) is 6.46. The number of amides is 2. The molecule has 0 aliphatic rings. The molecule has 6 nitrogen and oxygen atoms in total. The van der Waals surface area contributed by atoms with Crippen LogP contribution in [0.1, 0.15) is 0 Å². The Hall–Kier alpha value is -2.80. The van der Waals surface area contributed by atoms with Gasteiger partial charge in [0.1, 0.15) is 11.5 Å². The van der Waals surface area contributed by atoms with Crippen molar-refractivity contribution in [1.29, 1.82) is 0 Å². The van der Waals surface area contributed by atoms with Gasteiger partial charge < -0.3 is 15.2 Å². The number of aromatic nitrogens is 1. The summed E-state index contributed by atoms with van der Waals surface area (Å²) in [4.78, 5) is 16.3. The summed E-state index contributed by atoms with van der Waals surface area (Å²) < 4.78 is 6.15. The number of benzene rings is 2. The zero-order chi connectivity index (χ0) is 15.5. The molecule has 22 heavy (non-hydrogen) atoms. The molecule has 0 radical (unpaired) electrons. The summed E-state index contributed by atoms with van der Waals surface area (Å²) in [7, 11) is 1.60. The molecule has 7 heteroatoms. The number of hydrogen-bond acceptors (Lipinski definition) is 5.